The minimum Gasteiger partial charge on any atom is -0.391 e. The number of nitrogens with one attached hydrogen (secondary N) is 1. The van der Waals surface area contributed by atoms with Crippen LogP contribution in [0.1, 0.15) is 83.4 Å². The predicted molar refractivity (Wildman–Crippen MR) is 136 cm³/mol. The number of rotatable bonds is 6. The van der Waals surface area contributed by atoms with E-state index >= 15 is 0 Å². The molecule has 10 nitrogen and oxygen atoms in total. The number of likely N-dealkylation sites (tertiary alicyclic amines) is 1. The van der Waals surface area contributed by atoms with E-state index in [9.17, 15) is 14.7 Å². The van der Waals surface area contributed by atoms with Crippen LogP contribution in [-0.4, -0.2) is 98.8 Å². The van der Waals surface area contributed by atoms with E-state index in [4.69, 9.17) is 4.74 Å². The molecule has 10 heteroatoms. The Bertz CT molecular complexity index is 1020. The summed E-state index contributed by atoms with van der Waals surface area (Å²) in [6, 6.07) is -0.634. The summed E-state index contributed by atoms with van der Waals surface area (Å²) in [5.74, 6) is 0.139. The Morgan fingerprint density at radius 3 is 2.54 bits per heavy atom. The van der Waals surface area contributed by atoms with Crippen LogP contribution in [0.25, 0.3) is 0 Å². The van der Waals surface area contributed by atoms with Gasteiger partial charge in [0.05, 0.1) is 25.0 Å². The van der Waals surface area contributed by atoms with E-state index < -0.39 is 23.6 Å². The van der Waals surface area contributed by atoms with Gasteiger partial charge < -0.3 is 20.1 Å². The summed E-state index contributed by atoms with van der Waals surface area (Å²) in [5, 5.41) is 22.5. The van der Waals surface area contributed by atoms with Gasteiger partial charge in [0.1, 0.15) is 12.1 Å². The summed E-state index contributed by atoms with van der Waals surface area (Å²) in [6.45, 7) is 9.68. The van der Waals surface area contributed by atoms with E-state index in [0.717, 1.165) is 64.1 Å². The number of aromatic nitrogens is 3. The molecular weight excluding hydrogens is 472 g/mol. The number of carbonyl (C=O) groups is 2. The fourth-order valence-electron chi connectivity index (χ4n) is 7.23. The molecule has 1 aromatic heterocycles. The molecule has 2 aliphatic heterocycles. The van der Waals surface area contributed by atoms with Crippen molar-refractivity contribution in [2.24, 2.45) is 10.8 Å². The molecule has 2 amide bonds. The van der Waals surface area contributed by atoms with E-state index in [1.807, 2.05) is 27.0 Å². The van der Waals surface area contributed by atoms with Crippen molar-refractivity contribution in [3.05, 3.63) is 11.9 Å². The number of β-amino-alcohol motifs (C(OH)–C–C–N with tert-alkyl or cyclic N) is 1. The summed E-state index contributed by atoms with van der Waals surface area (Å²) in [6.07, 6.45) is 8.11. The second-order valence-electron chi connectivity index (χ2n) is 13.1. The lowest BCUT2D eigenvalue weighted by molar-refractivity contribution is -0.153. The van der Waals surface area contributed by atoms with Gasteiger partial charge in [0.2, 0.25) is 11.8 Å². The van der Waals surface area contributed by atoms with Crippen molar-refractivity contribution in [2.75, 3.05) is 32.8 Å². The normalized spacial score (nSPS) is 32.6. The van der Waals surface area contributed by atoms with Crippen molar-refractivity contribution in [1.29, 1.82) is 0 Å². The lowest BCUT2D eigenvalue weighted by Crippen LogP contribution is -2.73. The van der Waals surface area contributed by atoms with E-state index in [2.05, 4.69) is 20.5 Å². The van der Waals surface area contributed by atoms with Gasteiger partial charge in [-0.15, -0.1) is 5.10 Å². The zero-order valence-corrected chi connectivity index (χ0v) is 22.4. The molecular formula is C27H42N6O4. The number of carbonyl (C=O) groups excluding carboxylic acids is 2. The molecule has 5 atom stereocenters. The molecule has 6 rings (SSSR count). The number of nitrogens with zero attached hydrogens (tertiary/aromatic N) is 5. The van der Waals surface area contributed by atoms with Gasteiger partial charge in [0, 0.05) is 55.7 Å². The summed E-state index contributed by atoms with van der Waals surface area (Å²) >= 11 is 0. The predicted octanol–water partition coefficient (Wildman–Crippen LogP) is 1.46. The van der Waals surface area contributed by atoms with Crippen LogP contribution in [-0.2, 0) is 14.3 Å². The van der Waals surface area contributed by atoms with Crippen LogP contribution in [0.15, 0.2) is 6.20 Å². The standard InChI is InChI=1S/C27H42N6O4/c1-26(2,3)23(33-16-19(29-30-33)17-5-6-17)25(36)32-15-18(34)13-20(32)24(35)28-21-14-22(27(21)7-4-8-27)31-9-11-37-12-10-31/h16-18,20-23,34H,4-15H2,1-3H3,(H,28,35)/t18-,20+,21-,22-,23-/m1/s1. The van der Waals surface area contributed by atoms with Crippen molar-refractivity contribution in [1.82, 2.24) is 30.1 Å². The van der Waals surface area contributed by atoms with Gasteiger partial charge in [-0.25, -0.2) is 4.68 Å². The average Bonchev–Trinajstić information content (AvgIpc) is 3.42. The van der Waals surface area contributed by atoms with E-state index in [1.54, 1.807) is 9.58 Å². The van der Waals surface area contributed by atoms with Crippen molar-refractivity contribution in [2.45, 2.75) is 102 Å². The van der Waals surface area contributed by atoms with Crippen molar-refractivity contribution in [3.63, 3.8) is 0 Å². The van der Waals surface area contributed by atoms with Crippen LogP contribution in [0.4, 0.5) is 0 Å². The van der Waals surface area contributed by atoms with E-state index in [-0.39, 0.29) is 36.2 Å². The molecule has 3 saturated carbocycles. The molecule has 5 fully saturated rings. The highest BCUT2D eigenvalue weighted by atomic mass is 16.5. The molecule has 1 spiro atoms. The Morgan fingerprint density at radius 2 is 1.92 bits per heavy atom. The second kappa shape index (κ2) is 9.31. The fourth-order valence-corrected chi connectivity index (χ4v) is 7.23. The summed E-state index contributed by atoms with van der Waals surface area (Å²) in [5.41, 5.74) is 0.644. The first kappa shape index (κ1) is 25.2. The SMILES string of the molecule is CC(C)(C)[C@@H](C(=O)N1C[C@H](O)C[C@H]1C(=O)N[C@@H]1C[C@@H](N2CCOCC2)C12CCC2)n1cc(C2CC2)nn1. The summed E-state index contributed by atoms with van der Waals surface area (Å²) in [4.78, 5) is 31.8. The molecule has 0 aromatic carbocycles. The van der Waals surface area contributed by atoms with E-state index in [1.165, 1.54) is 6.42 Å². The number of aliphatic hydroxyl groups is 1. The number of hydrogen-bond donors (Lipinski definition) is 2. The minimum atomic E-state index is -0.710. The molecule has 1 aromatic rings. The molecule has 3 heterocycles. The number of amides is 2. The maximum absolute atomic E-state index is 14.0. The van der Waals surface area contributed by atoms with Gasteiger partial charge in [-0.1, -0.05) is 32.4 Å². The third-order valence-corrected chi connectivity index (χ3v) is 9.61. The Hall–Kier alpha value is -2.04. The molecule has 2 N–H and O–H groups in total. The maximum Gasteiger partial charge on any atom is 0.248 e. The Kier molecular flexibility index (Phi) is 6.35. The van der Waals surface area contributed by atoms with Crippen LogP contribution >= 0.6 is 0 Å². The van der Waals surface area contributed by atoms with Gasteiger partial charge in [0.25, 0.3) is 0 Å². The van der Waals surface area contributed by atoms with Gasteiger partial charge in [-0.3, -0.25) is 14.5 Å². The Balaban J connectivity index is 1.17. The first-order valence-electron chi connectivity index (χ1n) is 14.2. The van der Waals surface area contributed by atoms with Crippen molar-refractivity contribution < 1.29 is 19.4 Å². The van der Waals surface area contributed by atoms with Crippen LogP contribution < -0.4 is 5.32 Å². The molecule has 3 aliphatic carbocycles. The molecule has 2 saturated heterocycles. The largest absolute Gasteiger partial charge is 0.391 e. The summed E-state index contributed by atoms with van der Waals surface area (Å²) < 4.78 is 7.23. The first-order valence-corrected chi connectivity index (χ1v) is 14.2. The molecule has 0 bridgehead atoms. The smallest absolute Gasteiger partial charge is 0.248 e. The maximum atomic E-state index is 14.0. The van der Waals surface area contributed by atoms with Gasteiger partial charge >= 0.3 is 0 Å². The monoisotopic (exact) mass is 514 g/mol. The van der Waals surface area contributed by atoms with Crippen LogP contribution in [0, 0.1) is 10.8 Å². The highest BCUT2D eigenvalue weighted by molar-refractivity contribution is 5.90. The molecule has 37 heavy (non-hydrogen) atoms. The zero-order valence-electron chi connectivity index (χ0n) is 22.4. The Morgan fingerprint density at radius 1 is 1.19 bits per heavy atom. The van der Waals surface area contributed by atoms with Gasteiger partial charge in [-0.2, -0.15) is 0 Å². The topological polar surface area (TPSA) is 113 Å². The summed E-state index contributed by atoms with van der Waals surface area (Å²) in [7, 11) is 0. The molecule has 204 valence electrons. The second-order valence-corrected chi connectivity index (χ2v) is 13.1. The third-order valence-electron chi connectivity index (χ3n) is 9.61. The number of hydrogen-bond acceptors (Lipinski definition) is 7. The average molecular weight is 515 g/mol. The number of aliphatic hydroxyl groups excluding tert-OH is 1. The number of morpholine rings is 1. The lowest BCUT2D eigenvalue weighted by atomic mass is 9.49. The lowest BCUT2D eigenvalue weighted by Gasteiger charge is -2.65. The molecule has 0 radical (unpaired) electrons. The van der Waals surface area contributed by atoms with Crippen molar-refractivity contribution >= 4 is 11.8 Å². The molecule has 5 aliphatic rings. The van der Waals surface area contributed by atoms with Crippen molar-refractivity contribution in [3.8, 4) is 0 Å². The zero-order chi connectivity index (χ0) is 25.9. The Labute approximate surface area is 219 Å². The highest BCUT2D eigenvalue weighted by Crippen LogP contribution is 2.58. The molecule has 0 unspecified atom stereocenters. The van der Waals surface area contributed by atoms with Crippen LogP contribution in [0.2, 0.25) is 0 Å². The van der Waals surface area contributed by atoms with E-state index in [0.29, 0.717) is 12.0 Å². The minimum absolute atomic E-state index is 0.131. The van der Waals surface area contributed by atoms with Gasteiger partial charge in [0.15, 0.2) is 0 Å². The first-order chi connectivity index (χ1) is 17.7. The number of ether oxygens (including phenoxy) is 1. The van der Waals surface area contributed by atoms with Crippen LogP contribution in [0.3, 0.4) is 0 Å². The third kappa shape index (κ3) is 4.48. The van der Waals surface area contributed by atoms with Gasteiger partial charge in [-0.05, 0) is 37.5 Å². The quantitative estimate of drug-likeness (QED) is 0.591. The fraction of sp³-hybridized carbons (Fsp3) is 0.852. The highest BCUT2D eigenvalue weighted by Gasteiger charge is 2.61. The van der Waals surface area contributed by atoms with Crippen LogP contribution in [0.5, 0.6) is 0 Å².